The Morgan fingerprint density at radius 2 is 2.20 bits per heavy atom. The molecule has 6 heteroatoms. The molecule has 0 radical (unpaired) electrons. The third-order valence-corrected chi connectivity index (χ3v) is 4.67. The second kappa shape index (κ2) is 7.15. The summed E-state index contributed by atoms with van der Waals surface area (Å²) in [6, 6.07) is 1.00. The van der Waals surface area contributed by atoms with Crippen molar-refractivity contribution in [2.75, 3.05) is 11.9 Å². The van der Waals surface area contributed by atoms with E-state index in [1.54, 1.807) is 0 Å². The largest absolute Gasteiger partial charge is 0.328 e. The number of carbonyl (C=O) groups is 1. The lowest BCUT2D eigenvalue weighted by molar-refractivity contribution is -0.114. The van der Waals surface area contributed by atoms with Crippen LogP contribution < -0.4 is 11.1 Å². The summed E-state index contributed by atoms with van der Waals surface area (Å²) in [6.07, 6.45) is 4.60. The number of anilines is 1. The van der Waals surface area contributed by atoms with Crippen LogP contribution in [0.15, 0.2) is 5.38 Å². The van der Waals surface area contributed by atoms with E-state index in [1.165, 1.54) is 31.1 Å². The fraction of sp³-hybridized carbons (Fsp3) is 0.714. The van der Waals surface area contributed by atoms with Crippen LogP contribution in [-0.2, 0) is 11.3 Å². The number of amides is 1. The van der Waals surface area contributed by atoms with Crippen molar-refractivity contribution in [2.24, 2.45) is 5.73 Å². The summed E-state index contributed by atoms with van der Waals surface area (Å²) < 4.78 is 0. The van der Waals surface area contributed by atoms with Crippen LogP contribution >= 0.6 is 11.3 Å². The zero-order valence-electron chi connectivity index (χ0n) is 12.3. The topological polar surface area (TPSA) is 71.2 Å². The molecule has 0 atom stereocenters. The summed E-state index contributed by atoms with van der Waals surface area (Å²) in [4.78, 5) is 18.0. The van der Waals surface area contributed by atoms with Crippen molar-refractivity contribution in [1.82, 2.24) is 9.88 Å². The van der Waals surface area contributed by atoms with E-state index in [-0.39, 0.29) is 5.91 Å². The molecule has 0 unspecified atom stereocenters. The molecule has 1 heterocycles. The highest BCUT2D eigenvalue weighted by Crippen LogP contribution is 2.24. The number of hydrogen-bond acceptors (Lipinski definition) is 5. The monoisotopic (exact) mass is 296 g/mol. The fourth-order valence-corrected chi connectivity index (χ4v) is 3.51. The molecule has 1 amide bonds. The van der Waals surface area contributed by atoms with Gasteiger partial charge in [0, 0.05) is 30.9 Å². The van der Waals surface area contributed by atoms with Gasteiger partial charge in [-0.3, -0.25) is 9.69 Å². The summed E-state index contributed by atoms with van der Waals surface area (Å²) in [5.74, 6) is -0.0699. The Bertz CT molecular complexity index is 440. The zero-order chi connectivity index (χ0) is 14.5. The average molecular weight is 296 g/mol. The zero-order valence-corrected chi connectivity index (χ0v) is 13.1. The molecule has 20 heavy (non-hydrogen) atoms. The molecule has 1 fully saturated rings. The van der Waals surface area contributed by atoms with Crippen molar-refractivity contribution in [2.45, 2.75) is 58.2 Å². The Hall–Kier alpha value is -0.980. The van der Waals surface area contributed by atoms with Gasteiger partial charge < -0.3 is 11.1 Å². The van der Waals surface area contributed by atoms with E-state index in [9.17, 15) is 4.79 Å². The fourth-order valence-electron chi connectivity index (χ4n) is 2.76. The summed E-state index contributed by atoms with van der Waals surface area (Å²) in [6.45, 7) is 5.57. The normalized spacial score (nSPS) is 23.0. The Morgan fingerprint density at radius 1 is 1.50 bits per heavy atom. The molecule has 1 aliphatic rings. The maximum Gasteiger partial charge on any atom is 0.223 e. The van der Waals surface area contributed by atoms with E-state index in [0.717, 1.165) is 31.6 Å². The highest BCUT2D eigenvalue weighted by atomic mass is 32.1. The van der Waals surface area contributed by atoms with E-state index in [4.69, 9.17) is 5.73 Å². The number of hydrogen-bond donors (Lipinski definition) is 2. The Kier molecular flexibility index (Phi) is 5.51. The van der Waals surface area contributed by atoms with Crippen molar-refractivity contribution in [3.63, 3.8) is 0 Å². The molecule has 0 bridgehead atoms. The number of rotatable bonds is 5. The molecule has 5 nitrogen and oxygen atoms in total. The average Bonchev–Trinajstić information content (AvgIpc) is 2.83. The second-order valence-electron chi connectivity index (χ2n) is 5.46. The molecular formula is C14H24N4OS. The van der Waals surface area contributed by atoms with Gasteiger partial charge in [-0.15, -0.1) is 11.3 Å². The first-order valence-corrected chi connectivity index (χ1v) is 8.18. The van der Waals surface area contributed by atoms with Crippen molar-refractivity contribution in [3.05, 3.63) is 11.1 Å². The quantitative estimate of drug-likeness (QED) is 0.874. The Balaban J connectivity index is 1.92. The van der Waals surface area contributed by atoms with Gasteiger partial charge in [0.15, 0.2) is 5.13 Å². The van der Waals surface area contributed by atoms with Crippen LogP contribution in [0.25, 0.3) is 0 Å². The predicted octanol–water partition coefficient (Wildman–Crippen LogP) is 2.19. The lowest BCUT2D eigenvalue weighted by atomic mass is 9.90. The second-order valence-corrected chi connectivity index (χ2v) is 6.31. The van der Waals surface area contributed by atoms with Gasteiger partial charge in [-0.2, -0.15) is 0 Å². The lowest BCUT2D eigenvalue weighted by Gasteiger charge is -2.35. The van der Waals surface area contributed by atoms with E-state index in [0.29, 0.717) is 17.2 Å². The van der Waals surface area contributed by atoms with Gasteiger partial charge in [0.25, 0.3) is 0 Å². The number of aromatic nitrogens is 1. The van der Waals surface area contributed by atoms with Crippen LogP contribution in [0.4, 0.5) is 5.13 Å². The van der Waals surface area contributed by atoms with Gasteiger partial charge in [-0.05, 0) is 32.2 Å². The molecule has 3 N–H and O–H groups in total. The Morgan fingerprint density at radius 3 is 2.80 bits per heavy atom. The first kappa shape index (κ1) is 15.4. The summed E-state index contributed by atoms with van der Waals surface area (Å²) in [5.41, 5.74) is 7.01. The van der Waals surface area contributed by atoms with Crippen LogP contribution in [0, 0.1) is 0 Å². The maximum absolute atomic E-state index is 11.0. The molecule has 1 aliphatic carbocycles. The number of nitrogens with two attached hydrogens (primary N) is 1. The minimum absolute atomic E-state index is 0.0699. The van der Waals surface area contributed by atoms with Crippen molar-refractivity contribution >= 4 is 22.4 Å². The number of nitrogens with one attached hydrogen (secondary N) is 1. The van der Waals surface area contributed by atoms with Crippen LogP contribution in [0.5, 0.6) is 0 Å². The van der Waals surface area contributed by atoms with Gasteiger partial charge >= 0.3 is 0 Å². The molecule has 0 aromatic carbocycles. The third kappa shape index (κ3) is 4.26. The standard InChI is InChI=1S/C14H24N4OS/c1-3-18(13-6-4-11(15)5-7-13)8-12-9-20-14(17-12)16-10(2)19/h9,11,13H,3-8,15H2,1-2H3,(H,16,17,19). The summed E-state index contributed by atoms with van der Waals surface area (Å²) >= 11 is 1.49. The molecule has 0 saturated heterocycles. The molecule has 112 valence electrons. The minimum atomic E-state index is -0.0699. The Labute approximate surface area is 124 Å². The first-order chi connectivity index (χ1) is 9.58. The SMILES string of the molecule is CCN(Cc1csc(NC(C)=O)n1)C1CCC(N)CC1. The van der Waals surface area contributed by atoms with E-state index >= 15 is 0 Å². The third-order valence-electron chi connectivity index (χ3n) is 3.86. The minimum Gasteiger partial charge on any atom is -0.328 e. The molecule has 1 aromatic heterocycles. The molecule has 1 aromatic rings. The smallest absolute Gasteiger partial charge is 0.223 e. The molecule has 0 aliphatic heterocycles. The van der Waals surface area contributed by atoms with Crippen LogP contribution in [-0.4, -0.2) is 34.4 Å². The van der Waals surface area contributed by atoms with Gasteiger partial charge in [-0.25, -0.2) is 4.98 Å². The first-order valence-electron chi connectivity index (χ1n) is 7.30. The summed E-state index contributed by atoms with van der Waals surface area (Å²) in [7, 11) is 0. The van der Waals surface area contributed by atoms with Crippen LogP contribution in [0.1, 0.15) is 45.2 Å². The lowest BCUT2D eigenvalue weighted by Crippen LogP contribution is -2.40. The maximum atomic E-state index is 11.0. The molecule has 0 spiro atoms. The number of nitrogens with zero attached hydrogens (tertiary/aromatic N) is 2. The van der Waals surface area contributed by atoms with Crippen LogP contribution in [0.3, 0.4) is 0 Å². The van der Waals surface area contributed by atoms with E-state index < -0.39 is 0 Å². The molecule has 2 rings (SSSR count). The predicted molar refractivity (Wildman–Crippen MR) is 82.7 cm³/mol. The van der Waals surface area contributed by atoms with Gasteiger partial charge in [-0.1, -0.05) is 6.92 Å². The van der Waals surface area contributed by atoms with Gasteiger partial charge in [0.2, 0.25) is 5.91 Å². The number of carbonyl (C=O) groups excluding carboxylic acids is 1. The van der Waals surface area contributed by atoms with Gasteiger partial charge in [0.05, 0.1) is 5.69 Å². The van der Waals surface area contributed by atoms with E-state index in [2.05, 4.69) is 22.1 Å². The molecule has 1 saturated carbocycles. The van der Waals surface area contributed by atoms with Crippen molar-refractivity contribution in [3.8, 4) is 0 Å². The van der Waals surface area contributed by atoms with Crippen molar-refractivity contribution < 1.29 is 4.79 Å². The van der Waals surface area contributed by atoms with Gasteiger partial charge in [0.1, 0.15) is 0 Å². The number of thiazole rings is 1. The highest BCUT2D eigenvalue weighted by Gasteiger charge is 2.23. The summed E-state index contributed by atoms with van der Waals surface area (Å²) in [5, 5.41) is 5.45. The van der Waals surface area contributed by atoms with Crippen molar-refractivity contribution in [1.29, 1.82) is 0 Å². The van der Waals surface area contributed by atoms with Crippen LogP contribution in [0.2, 0.25) is 0 Å². The molecular weight excluding hydrogens is 272 g/mol. The highest BCUT2D eigenvalue weighted by molar-refractivity contribution is 7.13. The van der Waals surface area contributed by atoms with E-state index in [1.807, 2.05) is 5.38 Å².